The highest BCUT2D eigenvalue weighted by atomic mass is 16.6. The summed E-state index contributed by atoms with van der Waals surface area (Å²) < 4.78 is 0. The van der Waals surface area contributed by atoms with Gasteiger partial charge in [0.25, 0.3) is 5.69 Å². The van der Waals surface area contributed by atoms with Crippen molar-refractivity contribution in [2.75, 3.05) is 31.6 Å². The van der Waals surface area contributed by atoms with Gasteiger partial charge in [0.15, 0.2) is 5.78 Å². The standard InChI is InChI=1S/C20H23N3O4/c1-4-22(5-2)19(24)14-21(3)17-12-11-16(13-18(17)23(26)27)20(25)15-9-7-6-8-10-15/h6-13H,4-5,14H2,1-3H3. The molecule has 7 heteroatoms. The number of carbonyl (C=O) groups is 2. The fourth-order valence-corrected chi connectivity index (χ4v) is 2.85. The van der Waals surface area contributed by atoms with Crippen LogP contribution in [0.25, 0.3) is 0 Å². The molecule has 0 saturated carbocycles. The quantitative estimate of drug-likeness (QED) is 0.405. The van der Waals surface area contributed by atoms with Crippen LogP contribution in [0.4, 0.5) is 11.4 Å². The minimum atomic E-state index is -0.532. The Morgan fingerprint density at radius 3 is 2.19 bits per heavy atom. The molecule has 0 bridgehead atoms. The fourth-order valence-electron chi connectivity index (χ4n) is 2.85. The molecule has 0 aliphatic carbocycles. The first-order valence-electron chi connectivity index (χ1n) is 8.76. The van der Waals surface area contributed by atoms with E-state index in [9.17, 15) is 19.7 Å². The number of carbonyl (C=O) groups excluding carboxylic acids is 2. The number of amides is 1. The van der Waals surface area contributed by atoms with Crippen molar-refractivity contribution < 1.29 is 14.5 Å². The highest BCUT2D eigenvalue weighted by molar-refractivity contribution is 6.09. The Labute approximate surface area is 158 Å². The summed E-state index contributed by atoms with van der Waals surface area (Å²) in [6.07, 6.45) is 0. The van der Waals surface area contributed by atoms with Crippen LogP contribution in [0, 0.1) is 10.1 Å². The van der Waals surface area contributed by atoms with Gasteiger partial charge < -0.3 is 9.80 Å². The van der Waals surface area contributed by atoms with E-state index in [1.54, 1.807) is 48.3 Å². The maximum absolute atomic E-state index is 12.6. The van der Waals surface area contributed by atoms with E-state index < -0.39 is 4.92 Å². The molecule has 0 spiro atoms. The first kappa shape index (κ1) is 20.1. The Hall–Kier alpha value is -3.22. The molecule has 0 aliphatic heterocycles. The molecule has 2 aromatic carbocycles. The van der Waals surface area contributed by atoms with Gasteiger partial charge in [0.05, 0.1) is 11.5 Å². The number of anilines is 1. The van der Waals surface area contributed by atoms with Crippen molar-refractivity contribution in [1.29, 1.82) is 0 Å². The minimum absolute atomic E-state index is 0.0223. The topological polar surface area (TPSA) is 83.8 Å². The second-order valence-electron chi connectivity index (χ2n) is 6.08. The van der Waals surface area contributed by atoms with Crippen LogP contribution in [-0.2, 0) is 4.79 Å². The van der Waals surface area contributed by atoms with Crippen molar-refractivity contribution in [3.05, 3.63) is 69.8 Å². The van der Waals surface area contributed by atoms with Gasteiger partial charge in [-0.3, -0.25) is 19.7 Å². The highest BCUT2D eigenvalue weighted by Crippen LogP contribution is 2.29. The Morgan fingerprint density at radius 2 is 1.63 bits per heavy atom. The number of likely N-dealkylation sites (N-methyl/N-ethyl adjacent to an activating group) is 2. The molecule has 0 fully saturated rings. The molecule has 142 valence electrons. The lowest BCUT2D eigenvalue weighted by Gasteiger charge is -2.24. The molecule has 7 nitrogen and oxygen atoms in total. The van der Waals surface area contributed by atoms with E-state index in [0.29, 0.717) is 24.3 Å². The van der Waals surface area contributed by atoms with Crippen LogP contribution in [0.2, 0.25) is 0 Å². The molecule has 2 aromatic rings. The molecule has 0 aromatic heterocycles. The second kappa shape index (κ2) is 8.93. The van der Waals surface area contributed by atoms with Gasteiger partial charge in [-0.1, -0.05) is 30.3 Å². The first-order chi connectivity index (χ1) is 12.9. The highest BCUT2D eigenvalue weighted by Gasteiger charge is 2.23. The minimum Gasteiger partial charge on any atom is -0.360 e. The Morgan fingerprint density at radius 1 is 1.00 bits per heavy atom. The van der Waals surface area contributed by atoms with Gasteiger partial charge in [0, 0.05) is 37.3 Å². The maximum Gasteiger partial charge on any atom is 0.293 e. The number of benzene rings is 2. The predicted octanol–water partition coefficient (Wildman–Crippen LogP) is 3.13. The molecule has 0 N–H and O–H groups in total. The van der Waals surface area contributed by atoms with Crippen molar-refractivity contribution >= 4 is 23.1 Å². The Bertz CT molecular complexity index is 832. The molecular formula is C20H23N3O4. The smallest absolute Gasteiger partial charge is 0.293 e. The van der Waals surface area contributed by atoms with Crippen molar-refractivity contribution in [3.63, 3.8) is 0 Å². The molecule has 1 amide bonds. The fraction of sp³-hybridized carbons (Fsp3) is 0.300. The van der Waals surface area contributed by atoms with Crippen LogP contribution in [-0.4, -0.2) is 48.2 Å². The largest absolute Gasteiger partial charge is 0.360 e. The third-order valence-corrected chi connectivity index (χ3v) is 4.37. The molecule has 0 saturated heterocycles. The van der Waals surface area contributed by atoms with E-state index in [4.69, 9.17) is 0 Å². The van der Waals surface area contributed by atoms with E-state index in [0.717, 1.165) is 0 Å². The van der Waals surface area contributed by atoms with Crippen molar-refractivity contribution in [1.82, 2.24) is 4.90 Å². The number of hydrogen-bond donors (Lipinski definition) is 0. The lowest BCUT2D eigenvalue weighted by molar-refractivity contribution is -0.384. The van der Waals surface area contributed by atoms with Crippen LogP contribution >= 0.6 is 0 Å². The van der Waals surface area contributed by atoms with Crippen LogP contribution in [0.15, 0.2) is 48.5 Å². The zero-order valence-corrected chi connectivity index (χ0v) is 15.7. The van der Waals surface area contributed by atoms with Crippen LogP contribution in [0.1, 0.15) is 29.8 Å². The SMILES string of the molecule is CCN(CC)C(=O)CN(C)c1ccc(C(=O)c2ccccc2)cc1[N+](=O)[O-]. The van der Waals surface area contributed by atoms with Gasteiger partial charge in [-0.05, 0) is 26.0 Å². The van der Waals surface area contributed by atoms with Gasteiger partial charge in [0.2, 0.25) is 5.91 Å². The average Bonchev–Trinajstić information content (AvgIpc) is 2.68. The van der Waals surface area contributed by atoms with Gasteiger partial charge in [-0.25, -0.2) is 0 Å². The summed E-state index contributed by atoms with van der Waals surface area (Å²) in [6.45, 7) is 4.95. The van der Waals surface area contributed by atoms with E-state index >= 15 is 0 Å². The summed E-state index contributed by atoms with van der Waals surface area (Å²) in [6, 6.07) is 12.9. The number of ketones is 1. The van der Waals surface area contributed by atoms with E-state index in [-0.39, 0.29) is 29.5 Å². The summed E-state index contributed by atoms with van der Waals surface area (Å²) >= 11 is 0. The Balaban J connectivity index is 2.31. The average molecular weight is 369 g/mol. The third-order valence-electron chi connectivity index (χ3n) is 4.37. The third kappa shape index (κ3) is 4.69. The maximum atomic E-state index is 12.6. The summed E-state index contributed by atoms with van der Waals surface area (Å²) in [5, 5.41) is 11.5. The lowest BCUT2D eigenvalue weighted by Crippen LogP contribution is -2.39. The Kier molecular flexibility index (Phi) is 6.65. The van der Waals surface area contributed by atoms with Crippen LogP contribution in [0.5, 0.6) is 0 Å². The van der Waals surface area contributed by atoms with Gasteiger partial charge in [0.1, 0.15) is 5.69 Å². The predicted molar refractivity (Wildman–Crippen MR) is 104 cm³/mol. The number of hydrogen-bond acceptors (Lipinski definition) is 5. The number of nitro groups is 1. The molecule has 0 unspecified atom stereocenters. The molecule has 27 heavy (non-hydrogen) atoms. The summed E-state index contributed by atoms with van der Waals surface area (Å²) in [7, 11) is 1.63. The molecule has 0 atom stereocenters. The van der Waals surface area contributed by atoms with E-state index in [2.05, 4.69) is 0 Å². The monoisotopic (exact) mass is 369 g/mol. The number of rotatable bonds is 8. The zero-order valence-electron chi connectivity index (χ0n) is 15.7. The van der Waals surface area contributed by atoms with Gasteiger partial charge in [-0.15, -0.1) is 0 Å². The number of nitro benzene ring substituents is 1. The van der Waals surface area contributed by atoms with Crippen molar-refractivity contribution in [2.45, 2.75) is 13.8 Å². The van der Waals surface area contributed by atoms with Crippen LogP contribution < -0.4 is 4.90 Å². The summed E-state index contributed by atoms with van der Waals surface area (Å²) in [4.78, 5) is 39.0. The lowest BCUT2D eigenvalue weighted by atomic mass is 10.0. The zero-order chi connectivity index (χ0) is 20.0. The molecule has 0 heterocycles. The second-order valence-corrected chi connectivity index (χ2v) is 6.08. The normalized spacial score (nSPS) is 10.3. The van der Waals surface area contributed by atoms with E-state index in [1.807, 2.05) is 13.8 Å². The molecule has 2 rings (SSSR count). The van der Waals surface area contributed by atoms with Crippen molar-refractivity contribution in [2.24, 2.45) is 0 Å². The number of nitrogens with zero attached hydrogens (tertiary/aromatic N) is 3. The van der Waals surface area contributed by atoms with E-state index in [1.165, 1.54) is 17.0 Å². The molecular weight excluding hydrogens is 346 g/mol. The molecule has 0 radical (unpaired) electrons. The summed E-state index contributed by atoms with van der Waals surface area (Å²) in [5.74, 6) is -0.395. The molecule has 0 aliphatic rings. The first-order valence-corrected chi connectivity index (χ1v) is 8.76. The van der Waals surface area contributed by atoms with Gasteiger partial charge >= 0.3 is 0 Å². The van der Waals surface area contributed by atoms with Gasteiger partial charge in [-0.2, -0.15) is 0 Å². The van der Waals surface area contributed by atoms with Crippen molar-refractivity contribution in [3.8, 4) is 0 Å². The van der Waals surface area contributed by atoms with Crippen LogP contribution in [0.3, 0.4) is 0 Å². The summed E-state index contributed by atoms with van der Waals surface area (Å²) in [5.41, 5.74) is 0.793.